The summed E-state index contributed by atoms with van der Waals surface area (Å²) in [6.07, 6.45) is 10.3. The van der Waals surface area contributed by atoms with Gasteiger partial charge in [0.05, 0.1) is 31.6 Å². The SMILES string of the molecule is CC(=O)CCN1CC[C@H](c2ccccc2)C[C@@H]1C(=O)N[C@@H](C)C(=O)NCc1cc2cnccc2[nH]1.C[C@H](NC(=O)[C@H]1C[C@@H](c2ccccc2)CCN1CCC(=O)O)C(=O)NCc1cc2cnccc2[nH]1. The van der Waals surface area contributed by atoms with Crippen molar-refractivity contribution in [3.63, 3.8) is 0 Å². The minimum Gasteiger partial charge on any atom is -0.481 e. The molecule has 17 heteroatoms. The molecule has 4 amide bonds. The lowest BCUT2D eigenvalue weighted by atomic mass is 9.84. The monoisotopic (exact) mass is 952 g/mol. The molecular formula is C53H64N10O7. The predicted molar refractivity (Wildman–Crippen MR) is 266 cm³/mol. The summed E-state index contributed by atoms with van der Waals surface area (Å²) in [5.74, 6) is -1.29. The van der Waals surface area contributed by atoms with Crippen molar-refractivity contribution in [2.75, 3.05) is 26.2 Å². The largest absolute Gasteiger partial charge is 0.481 e. The molecule has 6 aromatic rings. The maximum atomic E-state index is 13.3. The first-order valence-electron chi connectivity index (χ1n) is 24.1. The highest BCUT2D eigenvalue weighted by Crippen LogP contribution is 2.33. The van der Waals surface area contributed by atoms with Crippen LogP contribution in [-0.4, -0.2) is 121 Å². The van der Waals surface area contributed by atoms with Crippen molar-refractivity contribution in [2.24, 2.45) is 0 Å². The Bertz CT molecular complexity index is 2470. The Morgan fingerprint density at radius 3 is 1.47 bits per heavy atom. The summed E-state index contributed by atoms with van der Waals surface area (Å²) in [4.78, 5) is 93.4. The van der Waals surface area contributed by atoms with Crippen LogP contribution in [0.4, 0.5) is 0 Å². The molecule has 0 radical (unpaired) electrons. The first-order chi connectivity index (χ1) is 33.8. The van der Waals surface area contributed by atoms with Crippen molar-refractivity contribution in [1.29, 1.82) is 0 Å². The molecule has 2 aliphatic heterocycles. The molecule has 2 aromatic carbocycles. The number of aromatic amines is 2. The molecule has 2 aliphatic rings. The van der Waals surface area contributed by atoms with E-state index in [0.717, 1.165) is 52.6 Å². The van der Waals surface area contributed by atoms with Crippen LogP contribution in [0.3, 0.4) is 0 Å². The van der Waals surface area contributed by atoms with Gasteiger partial charge in [0.1, 0.15) is 17.9 Å². The molecule has 2 saturated heterocycles. The normalized spacial score (nSPS) is 19.2. The smallest absolute Gasteiger partial charge is 0.304 e. The average Bonchev–Trinajstić information content (AvgIpc) is 4.00. The predicted octanol–water partition coefficient (Wildman–Crippen LogP) is 5.32. The van der Waals surface area contributed by atoms with Crippen molar-refractivity contribution >= 4 is 57.2 Å². The van der Waals surface area contributed by atoms with Gasteiger partial charge in [-0.05, 0) is 107 Å². The second-order valence-electron chi connectivity index (χ2n) is 18.4. The standard InChI is InChI=1S/C27H33N5O3.C26H31N5O4/c1-18(33)9-12-32-13-10-21(20-6-4-3-5-7-20)15-25(32)27(35)30-19(2)26(34)29-17-23-14-22-16-28-11-8-24(22)31-23;1-17(25(34)28-16-21-13-20-15-27-10-7-22(20)30-21)29-26(35)23-14-19(18-5-3-2-4-6-18)8-11-31(23)12-9-24(32)33/h3-8,11,14,16,19,21,25,31H,9-10,12-13,15,17H2,1-2H3,(H,29,34)(H,30,35);2-7,10,13,15,17,19,23,30H,8-9,11-12,14,16H2,1H3,(H,28,34)(H,29,35)(H,32,33)/t19-,21-,25+;17-,19-,23+/m00/s1. The van der Waals surface area contributed by atoms with Crippen molar-refractivity contribution in [3.05, 3.63) is 132 Å². The first kappa shape index (κ1) is 50.6. The highest BCUT2D eigenvalue weighted by Gasteiger charge is 2.36. The van der Waals surface area contributed by atoms with Gasteiger partial charge in [0.2, 0.25) is 23.6 Å². The molecule has 7 N–H and O–H groups in total. The highest BCUT2D eigenvalue weighted by molar-refractivity contribution is 5.91. The minimum absolute atomic E-state index is 0.0319. The third-order valence-electron chi connectivity index (χ3n) is 13.3. The number of nitrogens with zero attached hydrogens (tertiary/aromatic N) is 4. The Kier molecular flexibility index (Phi) is 17.6. The highest BCUT2D eigenvalue weighted by atomic mass is 16.4. The van der Waals surface area contributed by atoms with Gasteiger partial charge in [-0.1, -0.05) is 60.7 Å². The molecule has 8 rings (SSSR count). The van der Waals surface area contributed by atoms with E-state index in [1.54, 1.807) is 45.6 Å². The van der Waals surface area contributed by atoms with Crippen molar-refractivity contribution < 1.29 is 33.9 Å². The number of carboxylic acids is 1. The van der Waals surface area contributed by atoms with Crippen molar-refractivity contribution in [1.82, 2.24) is 51.0 Å². The molecule has 2 fully saturated rings. The van der Waals surface area contributed by atoms with Crippen LogP contribution >= 0.6 is 0 Å². The number of benzene rings is 2. The van der Waals surface area contributed by atoms with Gasteiger partial charge in [-0.15, -0.1) is 0 Å². The van der Waals surface area contributed by atoms with E-state index in [1.807, 2.05) is 65.6 Å². The third kappa shape index (κ3) is 13.9. The van der Waals surface area contributed by atoms with Crippen LogP contribution in [0.2, 0.25) is 0 Å². The Balaban J connectivity index is 0.000000206. The van der Waals surface area contributed by atoms with E-state index < -0.39 is 24.1 Å². The van der Waals surface area contributed by atoms with Crippen molar-refractivity contribution in [2.45, 2.75) is 108 Å². The summed E-state index contributed by atoms with van der Waals surface area (Å²) < 4.78 is 0. The molecule has 0 saturated carbocycles. The first-order valence-corrected chi connectivity index (χ1v) is 24.1. The zero-order chi connectivity index (χ0) is 49.6. The van der Waals surface area contributed by atoms with Gasteiger partial charge in [0, 0.05) is 77.5 Å². The van der Waals surface area contributed by atoms with Crippen molar-refractivity contribution in [3.8, 4) is 0 Å². The number of hydrogen-bond acceptors (Lipinski definition) is 10. The fraction of sp³-hybridized carbons (Fsp3) is 0.396. The average molecular weight is 953 g/mol. The van der Waals surface area contributed by atoms with E-state index >= 15 is 0 Å². The van der Waals surface area contributed by atoms with E-state index in [2.05, 4.69) is 70.4 Å². The van der Waals surface area contributed by atoms with Crippen LogP contribution in [0.15, 0.2) is 110 Å². The molecule has 6 heterocycles. The third-order valence-corrected chi connectivity index (χ3v) is 13.3. The molecule has 17 nitrogen and oxygen atoms in total. The minimum atomic E-state index is -0.894. The van der Waals surface area contributed by atoms with Crippen LogP contribution in [0.25, 0.3) is 21.8 Å². The van der Waals surface area contributed by atoms with Crippen LogP contribution in [0, 0.1) is 0 Å². The lowest BCUT2D eigenvalue weighted by Crippen LogP contribution is -2.55. The Hall–Kier alpha value is -7.24. The van der Waals surface area contributed by atoms with E-state index in [9.17, 15) is 28.8 Å². The molecule has 6 atom stereocenters. The van der Waals surface area contributed by atoms with Gasteiger partial charge in [-0.2, -0.15) is 0 Å². The Labute approximate surface area is 407 Å². The van der Waals surface area contributed by atoms with Gasteiger partial charge in [0.15, 0.2) is 0 Å². The lowest BCUT2D eigenvalue weighted by Gasteiger charge is -2.39. The van der Waals surface area contributed by atoms with E-state index in [-0.39, 0.29) is 53.7 Å². The molecule has 0 bridgehead atoms. The second kappa shape index (κ2) is 24.4. The number of pyridine rings is 2. The summed E-state index contributed by atoms with van der Waals surface area (Å²) in [5, 5.41) is 22.6. The van der Waals surface area contributed by atoms with Gasteiger partial charge in [-0.3, -0.25) is 48.5 Å². The number of carboxylic acid groups (broad SMARTS) is 1. The van der Waals surface area contributed by atoms with Crippen LogP contribution < -0.4 is 21.3 Å². The zero-order valence-corrected chi connectivity index (χ0v) is 40.0. The number of carbonyl (C=O) groups is 6. The van der Waals surface area contributed by atoms with Crippen LogP contribution in [0.5, 0.6) is 0 Å². The number of aliphatic carboxylic acids is 1. The number of likely N-dealkylation sites (tertiary alicyclic amines) is 2. The zero-order valence-electron chi connectivity index (χ0n) is 40.0. The summed E-state index contributed by atoms with van der Waals surface area (Å²) in [5.41, 5.74) is 6.00. The molecule has 70 heavy (non-hydrogen) atoms. The second-order valence-corrected chi connectivity index (χ2v) is 18.4. The molecule has 0 spiro atoms. The molecule has 4 aromatic heterocycles. The number of amides is 4. The fourth-order valence-corrected chi connectivity index (χ4v) is 9.38. The number of fused-ring (bicyclic) bond motifs is 2. The summed E-state index contributed by atoms with van der Waals surface area (Å²) in [6.45, 7) is 7.76. The summed E-state index contributed by atoms with van der Waals surface area (Å²) in [7, 11) is 0. The van der Waals surface area contributed by atoms with Gasteiger partial charge in [0.25, 0.3) is 0 Å². The molecule has 368 valence electrons. The Morgan fingerprint density at radius 1 is 0.643 bits per heavy atom. The maximum absolute atomic E-state index is 13.3. The number of H-pyrrole nitrogens is 2. The van der Waals surface area contributed by atoms with E-state index in [4.69, 9.17) is 5.11 Å². The number of Topliss-reactive ketones (excluding diaryl/α,β-unsaturated/α-hetero) is 1. The quantitative estimate of drug-likeness (QED) is 0.0583. The van der Waals surface area contributed by atoms with E-state index in [1.165, 1.54) is 11.1 Å². The number of hydrogen-bond donors (Lipinski definition) is 7. The van der Waals surface area contributed by atoms with Crippen LogP contribution in [-0.2, 0) is 41.9 Å². The van der Waals surface area contributed by atoms with Gasteiger partial charge >= 0.3 is 5.97 Å². The topological polar surface area (TPSA) is 235 Å². The molecular weight excluding hydrogens is 889 g/mol. The fourth-order valence-electron chi connectivity index (χ4n) is 9.38. The number of carbonyl (C=O) groups excluding carboxylic acids is 5. The lowest BCUT2D eigenvalue weighted by molar-refractivity contribution is -0.139. The summed E-state index contributed by atoms with van der Waals surface area (Å²) in [6, 6.07) is 25.6. The van der Waals surface area contributed by atoms with E-state index in [0.29, 0.717) is 52.0 Å². The summed E-state index contributed by atoms with van der Waals surface area (Å²) >= 11 is 0. The number of piperidine rings is 2. The number of rotatable bonds is 18. The molecule has 0 unspecified atom stereocenters. The van der Waals surface area contributed by atoms with Crippen LogP contribution in [0.1, 0.15) is 93.6 Å². The number of nitrogens with one attached hydrogen (secondary N) is 6. The van der Waals surface area contributed by atoms with Gasteiger partial charge in [-0.25, -0.2) is 0 Å². The number of ketones is 1. The molecule has 0 aliphatic carbocycles. The maximum Gasteiger partial charge on any atom is 0.304 e. The Morgan fingerprint density at radius 2 is 1.07 bits per heavy atom. The number of aromatic nitrogens is 4. The van der Waals surface area contributed by atoms with Gasteiger partial charge < -0.3 is 36.3 Å².